The molecule has 0 spiro atoms. The second-order valence-electron chi connectivity index (χ2n) is 8.49. The third kappa shape index (κ3) is 5.09. The number of amides is 1. The summed E-state index contributed by atoms with van der Waals surface area (Å²) in [7, 11) is 1.75. The maximum absolute atomic E-state index is 13.8. The van der Waals surface area contributed by atoms with Crippen LogP contribution in [0.2, 0.25) is 0 Å². The highest BCUT2D eigenvalue weighted by Gasteiger charge is 2.30. The van der Waals surface area contributed by atoms with E-state index in [0.29, 0.717) is 23.3 Å². The zero-order valence-corrected chi connectivity index (χ0v) is 19.8. The Hall–Kier alpha value is -2.95. The van der Waals surface area contributed by atoms with Gasteiger partial charge in [0.25, 0.3) is 5.56 Å². The summed E-state index contributed by atoms with van der Waals surface area (Å²) >= 11 is 0. The lowest BCUT2D eigenvalue weighted by Gasteiger charge is -2.33. The molecule has 2 atom stereocenters. The van der Waals surface area contributed by atoms with Crippen molar-refractivity contribution in [1.82, 2.24) is 14.5 Å². The fourth-order valence-electron chi connectivity index (χ4n) is 4.39. The number of benzene rings is 2. The van der Waals surface area contributed by atoms with Crippen molar-refractivity contribution in [3.05, 3.63) is 76.3 Å². The molecule has 1 heterocycles. The minimum absolute atomic E-state index is 0.0778. The van der Waals surface area contributed by atoms with Crippen molar-refractivity contribution in [1.29, 1.82) is 0 Å². The zero-order valence-electron chi connectivity index (χ0n) is 19.8. The van der Waals surface area contributed by atoms with Gasteiger partial charge in [-0.25, -0.2) is 4.98 Å². The molecule has 32 heavy (non-hydrogen) atoms. The van der Waals surface area contributed by atoms with Crippen LogP contribution in [0, 0.1) is 0 Å². The Morgan fingerprint density at radius 1 is 1.00 bits per heavy atom. The summed E-state index contributed by atoms with van der Waals surface area (Å²) in [5.74, 6) is 0.521. The fourth-order valence-corrected chi connectivity index (χ4v) is 4.39. The van der Waals surface area contributed by atoms with Crippen LogP contribution in [-0.4, -0.2) is 26.9 Å². The molecule has 0 saturated heterocycles. The van der Waals surface area contributed by atoms with Crippen molar-refractivity contribution in [3.63, 3.8) is 0 Å². The molecular weight excluding hydrogens is 398 g/mol. The second-order valence-corrected chi connectivity index (χ2v) is 8.49. The summed E-state index contributed by atoms with van der Waals surface area (Å²) in [6, 6.07) is 17.1. The van der Waals surface area contributed by atoms with Gasteiger partial charge in [-0.2, -0.15) is 0 Å². The molecule has 1 amide bonds. The molecular formula is C27H35N3O2. The Morgan fingerprint density at radius 3 is 2.38 bits per heavy atom. The lowest BCUT2D eigenvalue weighted by atomic mass is 9.94. The smallest absolute Gasteiger partial charge is 0.261 e. The third-order valence-electron chi connectivity index (χ3n) is 6.30. The van der Waals surface area contributed by atoms with Gasteiger partial charge in [0.15, 0.2) is 0 Å². The largest absolute Gasteiger partial charge is 0.332 e. The number of aromatic nitrogens is 2. The van der Waals surface area contributed by atoms with Crippen molar-refractivity contribution in [2.75, 3.05) is 6.54 Å². The van der Waals surface area contributed by atoms with Crippen molar-refractivity contribution in [2.45, 2.75) is 64.8 Å². The summed E-state index contributed by atoms with van der Waals surface area (Å²) in [5, 5.41) is 0.600. The second kappa shape index (κ2) is 11.1. The minimum Gasteiger partial charge on any atom is -0.332 e. The predicted octanol–water partition coefficient (Wildman–Crippen LogP) is 5.60. The molecule has 170 valence electrons. The van der Waals surface area contributed by atoms with Gasteiger partial charge < -0.3 is 4.90 Å². The van der Waals surface area contributed by atoms with Gasteiger partial charge in [0, 0.05) is 13.6 Å². The number of hydrogen-bond donors (Lipinski definition) is 0. The first-order valence-corrected chi connectivity index (χ1v) is 11.8. The highest BCUT2D eigenvalue weighted by Crippen LogP contribution is 2.28. The zero-order chi connectivity index (χ0) is 23.1. The lowest BCUT2D eigenvalue weighted by Crippen LogP contribution is -2.40. The van der Waals surface area contributed by atoms with E-state index < -0.39 is 0 Å². The first-order chi connectivity index (χ1) is 15.5. The summed E-state index contributed by atoms with van der Waals surface area (Å²) in [5.41, 5.74) is 1.63. The molecule has 3 rings (SSSR count). The fraction of sp³-hybridized carbons (Fsp3) is 0.444. The van der Waals surface area contributed by atoms with Crippen LogP contribution in [-0.2, 0) is 11.8 Å². The SMILES string of the molecule is CCCCCCN(C(=O)C(CC)c1ccccc1)C(C)c1nc2ccccc2c(=O)n1C. The molecule has 0 saturated carbocycles. The quantitative estimate of drug-likeness (QED) is 0.391. The van der Waals surface area contributed by atoms with Crippen LogP contribution < -0.4 is 5.56 Å². The Balaban J connectivity index is 1.99. The molecule has 0 radical (unpaired) electrons. The van der Waals surface area contributed by atoms with Crippen molar-refractivity contribution >= 4 is 16.8 Å². The molecule has 5 heteroatoms. The third-order valence-corrected chi connectivity index (χ3v) is 6.30. The Labute approximate surface area is 191 Å². The molecule has 0 aliphatic heterocycles. The van der Waals surface area contributed by atoms with E-state index in [1.807, 2.05) is 60.4 Å². The molecule has 0 bridgehead atoms. The molecule has 0 N–H and O–H groups in total. The van der Waals surface area contributed by atoms with Gasteiger partial charge in [-0.05, 0) is 37.5 Å². The van der Waals surface area contributed by atoms with Gasteiger partial charge in [0.1, 0.15) is 5.82 Å². The van der Waals surface area contributed by atoms with Gasteiger partial charge in [-0.3, -0.25) is 14.2 Å². The maximum Gasteiger partial charge on any atom is 0.261 e. The van der Waals surface area contributed by atoms with E-state index in [0.717, 1.165) is 37.7 Å². The number of unbranched alkanes of at least 4 members (excludes halogenated alkanes) is 3. The van der Waals surface area contributed by atoms with E-state index in [9.17, 15) is 9.59 Å². The molecule has 0 aliphatic rings. The van der Waals surface area contributed by atoms with Crippen LogP contribution in [0.4, 0.5) is 0 Å². The van der Waals surface area contributed by atoms with Crippen LogP contribution in [0.25, 0.3) is 10.9 Å². The van der Waals surface area contributed by atoms with E-state index in [1.54, 1.807) is 17.7 Å². The highest BCUT2D eigenvalue weighted by molar-refractivity contribution is 5.84. The lowest BCUT2D eigenvalue weighted by molar-refractivity contribution is -0.135. The first kappa shape index (κ1) is 23.7. The number of carbonyl (C=O) groups is 1. The topological polar surface area (TPSA) is 55.2 Å². The molecule has 0 aliphatic carbocycles. The number of para-hydroxylation sites is 1. The number of nitrogens with zero attached hydrogens (tertiary/aromatic N) is 3. The van der Waals surface area contributed by atoms with Gasteiger partial charge in [0.2, 0.25) is 5.91 Å². The minimum atomic E-state index is -0.302. The van der Waals surface area contributed by atoms with Crippen LogP contribution in [0.1, 0.15) is 76.2 Å². The Morgan fingerprint density at radius 2 is 1.69 bits per heavy atom. The van der Waals surface area contributed by atoms with E-state index in [4.69, 9.17) is 4.98 Å². The van der Waals surface area contributed by atoms with Crippen molar-refractivity contribution < 1.29 is 4.79 Å². The summed E-state index contributed by atoms with van der Waals surface area (Å²) in [6.07, 6.45) is 5.05. The summed E-state index contributed by atoms with van der Waals surface area (Å²) in [4.78, 5) is 33.5. The van der Waals surface area contributed by atoms with Gasteiger partial charge in [-0.1, -0.05) is 75.6 Å². The van der Waals surface area contributed by atoms with E-state index in [-0.39, 0.29) is 23.4 Å². The molecule has 3 aromatic rings. The van der Waals surface area contributed by atoms with Gasteiger partial charge in [-0.15, -0.1) is 0 Å². The molecule has 2 unspecified atom stereocenters. The van der Waals surface area contributed by atoms with Crippen LogP contribution in [0.5, 0.6) is 0 Å². The average molecular weight is 434 g/mol. The van der Waals surface area contributed by atoms with Crippen LogP contribution in [0.15, 0.2) is 59.4 Å². The standard InChI is InChI=1S/C27H35N3O2/c1-5-7-8-14-19-30(27(32)22(6-2)21-15-10-9-11-16-21)20(3)25-28-24-18-13-12-17-23(24)26(31)29(25)4/h9-13,15-18,20,22H,5-8,14,19H2,1-4H3. The maximum atomic E-state index is 13.8. The van der Waals surface area contributed by atoms with Crippen molar-refractivity contribution in [2.24, 2.45) is 7.05 Å². The molecule has 2 aromatic carbocycles. The number of hydrogen-bond acceptors (Lipinski definition) is 3. The van der Waals surface area contributed by atoms with Gasteiger partial charge >= 0.3 is 0 Å². The molecule has 1 aromatic heterocycles. The summed E-state index contributed by atoms with van der Waals surface area (Å²) in [6.45, 7) is 6.89. The Bertz CT molecular complexity index is 1090. The predicted molar refractivity (Wildman–Crippen MR) is 131 cm³/mol. The van der Waals surface area contributed by atoms with Crippen LogP contribution >= 0.6 is 0 Å². The number of carbonyl (C=O) groups excluding carboxylic acids is 1. The normalized spacial score (nSPS) is 13.1. The van der Waals surface area contributed by atoms with E-state index in [2.05, 4.69) is 13.8 Å². The Kier molecular flexibility index (Phi) is 8.20. The highest BCUT2D eigenvalue weighted by atomic mass is 16.2. The molecule has 5 nitrogen and oxygen atoms in total. The number of rotatable bonds is 10. The summed E-state index contributed by atoms with van der Waals surface area (Å²) < 4.78 is 1.60. The number of fused-ring (bicyclic) bond motifs is 1. The van der Waals surface area contributed by atoms with Crippen molar-refractivity contribution in [3.8, 4) is 0 Å². The average Bonchev–Trinajstić information content (AvgIpc) is 2.82. The van der Waals surface area contributed by atoms with E-state index in [1.165, 1.54) is 0 Å². The van der Waals surface area contributed by atoms with E-state index >= 15 is 0 Å². The first-order valence-electron chi connectivity index (χ1n) is 11.8. The van der Waals surface area contributed by atoms with Crippen LogP contribution in [0.3, 0.4) is 0 Å². The monoisotopic (exact) mass is 433 g/mol. The van der Waals surface area contributed by atoms with Gasteiger partial charge in [0.05, 0.1) is 22.9 Å². The molecule has 0 fully saturated rings.